The number of hydrogen-bond donors (Lipinski definition) is 2. The topological polar surface area (TPSA) is 104 Å². The van der Waals surface area contributed by atoms with Gasteiger partial charge in [-0.25, -0.2) is 0 Å². The maximum atomic E-state index is 13.2. The molecule has 0 spiro atoms. The van der Waals surface area contributed by atoms with Crippen molar-refractivity contribution in [3.63, 3.8) is 0 Å². The average Bonchev–Trinajstić information content (AvgIpc) is 3.10. The molecule has 0 bridgehead atoms. The highest BCUT2D eigenvalue weighted by atomic mass is 16.3. The van der Waals surface area contributed by atoms with Crippen LogP contribution in [0.1, 0.15) is 42.6 Å². The van der Waals surface area contributed by atoms with Crippen LogP contribution >= 0.6 is 0 Å². The van der Waals surface area contributed by atoms with Gasteiger partial charge in [-0.05, 0) is 24.0 Å². The number of likely N-dealkylation sites (tertiary alicyclic amines) is 1. The normalized spacial score (nSPS) is 23.9. The van der Waals surface area contributed by atoms with Crippen molar-refractivity contribution < 1.29 is 19.5 Å². The second-order valence-electron chi connectivity index (χ2n) is 7.05. The van der Waals surface area contributed by atoms with E-state index in [-0.39, 0.29) is 24.8 Å². The summed E-state index contributed by atoms with van der Waals surface area (Å²) in [6.45, 7) is 4.28. The number of primary amides is 1. The van der Waals surface area contributed by atoms with E-state index in [1.165, 1.54) is 4.90 Å². The summed E-state index contributed by atoms with van der Waals surface area (Å²) >= 11 is 0. The van der Waals surface area contributed by atoms with Crippen molar-refractivity contribution in [2.24, 2.45) is 11.7 Å². The minimum Gasteiger partial charge on any atom is -0.365 e. The molecule has 1 aromatic carbocycles. The van der Waals surface area contributed by atoms with E-state index in [2.05, 4.69) is 0 Å². The van der Waals surface area contributed by atoms with Crippen molar-refractivity contribution in [3.05, 3.63) is 35.4 Å². The lowest BCUT2D eigenvalue weighted by atomic mass is 9.99. The van der Waals surface area contributed by atoms with Crippen LogP contribution in [-0.2, 0) is 16.1 Å². The Balaban J connectivity index is 1.92. The quantitative estimate of drug-likeness (QED) is 0.827. The van der Waals surface area contributed by atoms with Crippen LogP contribution < -0.4 is 5.73 Å². The van der Waals surface area contributed by atoms with Gasteiger partial charge in [0.25, 0.3) is 11.8 Å². The molecule has 0 radical (unpaired) electrons. The Morgan fingerprint density at radius 3 is 2.56 bits per heavy atom. The molecule has 25 heavy (non-hydrogen) atoms. The molecular formula is C18H23N3O4. The van der Waals surface area contributed by atoms with Gasteiger partial charge in [-0.15, -0.1) is 0 Å². The number of carbonyl (C=O) groups excluding carboxylic acids is 3. The summed E-state index contributed by atoms with van der Waals surface area (Å²) in [5.41, 5.74) is 4.81. The maximum absolute atomic E-state index is 13.2. The van der Waals surface area contributed by atoms with Crippen molar-refractivity contribution in [2.45, 2.75) is 45.0 Å². The van der Waals surface area contributed by atoms with E-state index in [1.54, 1.807) is 12.1 Å². The van der Waals surface area contributed by atoms with Crippen LogP contribution in [0.5, 0.6) is 0 Å². The first kappa shape index (κ1) is 17.4. The monoisotopic (exact) mass is 345 g/mol. The Morgan fingerprint density at radius 2 is 1.96 bits per heavy atom. The van der Waals surface area contributed by atoms with Crippen LogP contribution in [0, 0.1) is 5.92 Å². The van der Waals surface area contributed by atoms with Gasteiger partial charge in [0.15, 0.2) is 0 Å². The molecule has 1 saturated heterocycles. The first-order valence-electron chi connectivity index (χ1n) is 8.50. The fourth-order valence-electron chi connectivity index (χ4n) is 3.79. The molecule has 2 aliphatic rings. The Bertz CT molecular complexity index is 733. The minimum atomic E-state index is -1.97. The van der Waals surface area contributed by atoms with Crippen molar-refractivity contribution in [1.29, 1.82) is 0 Å². The highest BCUT2D eigenvalue weighted by Gasteiger charge is 2.50. The number of nitrogens with two attached hydrogens (primary N) is 1. The molecule has 2 aliphatic heterocycles. The summed E-state index contributed by atoms with van der Waals surface area (Å²) in [7, 11) is 0. The zero-order chi connectivity index (χ0) is 18.4. The van der Waals surface area contributed by atoms with Gasteiger partial charge in [-0.1, -0.05) is 32.0 Å². The van der Waals surface area contributed by atoms with Gasteiger partial charge < -0.3 is 20.6 Å². The first-order chi connectivity index (χ1) is 11.8. The van der Waals surface area contributed by atoms with Crippen LogP contribution in [0.25, 0.3) is 0 Å². The van der Waals surface area contributed by atoms with Gasteiger partial charge in [0.1, 0.15) is 6.04 Å². The largest absolute Gasteiger partial charge is 0.365 e. The lowest BCUT2D eigenvalue weighted by Crippen LogP contribution is -2.61. The molecule has 2 heterocycles. The van der Waals surface area contributed by atoms with E-state index >= 15 is 0 Å². The molecule has 1 unspecified atom stereocenters. The average molecular weight is 345 g/mol. The molecule has 7 heteroatoms. The molecule has 7 nitrogen and oxygen atoms in total. The van der Waals surface area contributed by atoms with Crippen molar-refractivity contribution >= 4 is 17.7 Å². The number of rotatable bonds is 4. The van der Waals surface area contributed by atoms with E-state index < -0.39 is 23.6 Å². The summed E-state index contributed by atoms with van der Waals surface area (Å²) in [4.78, 5) is 40.3. The molecule has 1 aromatic rings. The second kappa shape index (κ2) is 6.15. The van der Waals surface area contributed by atoms with Gasteiger partial charge >= 0.3 is 0 Å². The van der Waals surface area contributed by atoms with Gasteiger partial charge in [0.2, 0.25) is 11.6 Å². The summed E-state index contributed by atoms with van der Waals surface area (Å²) in [6, 6.07) is 6.50. The molecule has 134 valence electrons. The minimum absolute atomic E-state index is 0.118. The predicted molar refractivity (Wildman–Crippen MR) is 90.0 cm³/mol. The molecule has 2 atom stereocenters. The highest BCUT2D eigenvalue weighted by molar-refractivity contribution is 6.01. The SMILES string of the molecule is CC(C)[C@@H](C(=O)N1CCCC1(O)C(N)=O)N1Cc2ccccc2C1=O. The lowest BCUT2D eigenvalue weighted by molar-refractivity contribution is -0.169. The number of fused-ring (bicyclic) bond motifs is 1. The number of aliphatic hydroxyl groups is 1. The van der Waals surface area contributed by atoms with E-state index in [0.717, 1.165) is 10.5 Å². The molecule has 3 N–H and O–H groups in total. The standard InChI is InChI=1S/C18H23N3O4/c1-11(2)14(16(23)21-9-5-8-18(21,25)17(19)24)20-10-12-6-3-4-7-13(12)15(20)22/h3-4,6-7,11,14,25H,5,8-10H2,1-2H3,(H2,19,24)/t14-,18?/m0/s1. The van der Waals surface area contributed by atoms with Gasteiger partial charge in [0.05, 0.1) is 0 Å². The third kappa shape index (κ3) is 2.68. The zero-order valence-electron chi connectivity index (χ0n) is 14.4. The second-order valence-corrected chi connectivity index (χ2v) is 7.05. The van der Waals surface area contributed by atoms with Crippen molar-refractivity contribution in [1.82, 2.24) is 9.80 Å². The lowest BCUT2D eigenvalue weighted by Gasteiger charge is -2.37. The van der Waals surface area contributed by atoms with Crippen LogP contribution in [0.4, 0.5) is 0 Å². The smallest absolute Gasteiger partial charge is 0.270 e. The fourth-order valence-corrected chi connectivity index (χ4v) is 3.79. The van der Waals surface area contributed by atoms with Crippen LogP contribution in [-0.4, -0.2) is 50.9 Å². The van der Waals surface area contributed by atoms with Gasteiger partial charge in [-0.2, -0.15) is 0 Å². The molecule has 0 aliphatic carbocycles. The number of nitrogens with zero attached hydrogens (tertiary/aromatic N) is 2. The van der Waals surface area contributed by atoms with E-state index in [9.17, 15) is 19.5 Å². The first-order valence-corrected chi connectivity index (χ1v) is 8.50. The van der Waals surface area contributed by atoms with Crippen molar-refractivity contribution in [3.8, 4) is 0 Å². The summed E-state index contributed by atoms with van der Waals surface area (Å²) in [5, 5.41) is 10.5. The Kier molecular flexibility index (Phi) is 4.28. The van der Waals surface area contributed by atoms with Crippen LogP contribution in [0.2, 0.25) is 0 Å². The Morgan fingerprint density at radius 1 is 1.28 bits per heavy atom. The summed E-state index contributed by atoms with van der Waals surface area (Å²) < 4.78 is 0. The molecule has 0 saturated carbocycles. The molecule has 1 fully saturated rings. The number of carbonyl (C=O) groups is 3. The highest BCUT2D eigenvalue weighted by Crippen LogP contribution is 2.32. The third-order valence-electron chi connectivity index (χ3n) is 5.08. The van der Waals surface area contributed by atoms with Gasteiger partial charge in [-0.3, -0.25) is 14.4 Å². The molecular weight excluding hydrogens is 322 g/mol. The summed E-state index contributed by atoms with van der Waals surface area (Å²) in [6.07, 6.45) is 0.608. The van der Waals surface area contributed by atoms with E-state index in [1.807, 2.05) is 26.0 Å². The molecule has 3 amide bonds. The number of hydrogen-bond acceptors (Lipinski definition) is 4. The van der Waals surface area contributed by atoms with E-state index in [4.69, 9.17) is 5.73 Å². The Labute approximate surface area is 146 Å². The zero-order valence-corrected chi connectivity index (χ0v) is 14.4. The maximum Gasteiger partial charge on any atom is 0.270 e. The Hall–Kier alpha value is -2.41. The number of benzene rings is 1. The van der Waals surface area contributed by atoms with Crippen molar-refractivity contribution in [2.75, 3.05) is 6.54 Å². The third-order valence-corrected chi connectivity index (χ3v) is 5.08. The summed E-state index contributed by atoms with van der Waals surface area (Å²) in [5.74, 6) is -1.75. The number of amides is 3. The van der Waals surface area contributed by atoms with Crippen LogP contribution in [0.3, 0.4) is 0 Å². The molecule has 3 rings (SSSR count). The van der Waals surface area contributed by atoms with Crippen LogP contribution in [0.15, 0.2) is 24.3 Å². The predicted octanol–water partition coefficient (Wildman–Crippen LogP) is 0.463. The fraction of sp³-hybridized carbons (Fsp3) is 0.500. The van der Waals surface area contributed by atoms with Gasteiger partial charge in [0, 0.05) is 25.1 Å². The van der Waals surface area contributed by atoms with E-state index in [0.29, 0.717) is 18.5 Å². The molecule has 0 aromatic heterocycles.